The SMILES string of the molecule is [C-]#[N+]/C(C#N)=C1\Sc2c(OCCCCCCC(=O)OCCOC(=O)C(=C)C)cc(C)c(OCCCCCCC(=O)OCCOC(=O)C(=C)C)c2S1. The summed E-state index contributed by atoms with van der Waals surface area (Å²) in [5.41, 5.74) is 1.48. The molecule has 0 aliphatic carbocycles. The highest BCUT2D eigenvalue weighted by Gasteiger charge is 2.30. The van der Waals surface area contributed by atoms with Gasteiger partial charge in [-0.15, -0.1) is 0 Å². The van der Waals surface area contributed by atoms with Crippen molar-refractivity contribution in [3.05, 3.63) is 57.3 Å². The van der Waals surface area contributed by atoms with Gasteiger partial charge in [-0.05, 0) is 58.1 Å². The zero-order valence-corrected chi connectivity index (χ0v) is 31.2. The van der Waals surface area contributed by atoms with Crippen LogP contribution in [0.25, 0.3) is 4.85 Å². The summed E-state index contributed by atoms with van der Waals surface area (Å²) < 4.78 is 33.0. The smallest absolute Gasteiger partial charge is 0.333 e. The summed E-state index contributed by atoms with van der Waals surface area (Å²) >= 11 is 2.68. The number of nitriles is 1. The van der Waals surface area contributed by atoms with Gasteiger partial charge in [0.15, 0.2) is 0 Å². The van der Waals surface area contributed by atoms with E-state index in [0.717, 1.165) is 53.9 Å². The fourth-order valence-corrected chi connectivity index (χ4v) is 6.97. The molecule has 0 N–H and O–H groups in total. The van der Waals surface area contributed by atoms with E-state index in [0.29, 0.717) is 41.8 Å². The maximum atomic E-state index is 11.9. The first-order valence-corrected chi connectivity index (χ1v) is 18.4. The number of thioether (sulfide) groups is 2. The van der Waals surface area contributed by atoms with E-state index < -0.39 is 11.9 Å². The number of fused-ring (bicyclic) bond motifs is 1. The van der Waals surface area contributed by atoms with Crippen LogP contribution in [0.4, 0.5) is 0 Å². The number of esters is 4. The van der Waals surface area contributed by atoms with Crippen LogP contribution in [0.2, 0.25) is 0 Å². The minimum Gasteiger partial charge on any atom is -0.492 e. The quantitative estimate of drug-likeness (QED) is 0.0253. The van der Waals surface area contributed by atoms with Crippen molar-refractivity contribution in [1.29, 1.82) is 5.26 Å². The van der Waals surface area contributed by atoms with Crippen molar-refractivity contribution in [2.45, 2.75) is 94.8 Å². The molecule has 0 atom stereocenters. The van der Waals surface area contributed by atoms with Crippen LogP contribution in [0, 0.1) is 24.8 Å². The summed E-state index contributed by atoms with van der Waals surface area (Å²) in [5.74, 6) is -0.336. The van der Waals surface area contributed by atoms with E-state index in [-0.39, 0.29) is 68.1 Å². The van der Waals surface area contributed by atoms with Gasteiger partial charge >= 0.3 is 23.9 Å². The Bertz CT molecular complexity index is 1520. The van der Waals surface area contributed by atoms with Crippen molar-refractivity contribution < 1.29 is 47.6 Å². The molecule has 1 aromatic carbocycles. The number of aryl methyl sites for hydroxylation is 1. The van der Waals surface area contributed by atoms with Gasteiger partial charge in [0, 0.05) is 24.0 Å². The molecule has 0 bridgehead atoms. The first kappa shape index (κ1) is 42.8. The average Bonchev–Trinajstić information content (AvgIpc) is 3.54. The van der Waals surface area contributed by atoms with Crippen molar-refractivity contribution >= 4 is 47.4 Å². The van der Waals surface area contributed by atoms with E-state index in [4.69, 9.17) is 35.0 Å². The van der Waals surface area contributed by atoms with Crippen LogP contribution in [0.3, 0.4) is 0 Å². The van der Waals surface area contributed by atoms with Crippen molar-refractivity contribution in [1.82, 2.24) is 0 Å². The molecule has 0 radical (unpaired) electrons. The van der Waals surface area contributed by atoms with Crippen LogP contribution in [-0.4, -0.2) is 63.5 Å². The third-order valence-corrected chi connectivity index (χ3v) is 9.64. The lowest BCUT2D eigenvalue weighted by molar-refractivity contribution is -0.150. The highest BCUT2D eigenvalue weighted by molar-refractivity contribution is 8.24. The van der Waals surface area contributed by atoms with E-state index in [2.05, 4.69) is 18.0 Å². The Hall–Kier alpha value is -4.40. The molecule has 1 aromatic rings. The van der Waals surface area contributed by atoms with Gasteiger partial charge in [-0.25, -0.2) is 19.7 Å². The molecule has 0 saturated heterocycles. The van der Waals surface area contributed by atoms with Gasteiger partial charge in [0.05, 0.1) is 39.9 Å². The van der Waals surface area contributed by atoms with Crippen molar-refractivity contribution in [2.24, 2.45) is 0 Å². The molecule has 1 aliphatic rings. The maximum absolute atomic E-state index is 11.9. The molecule has 2 rings (SSSR count). The fourth-order valence-electron chi connectivity index (χ4n) is 4.39. The highest BCUT2D eigenvalue weighted by Crippen LogP contribution is 2.59. The average molecular weight is 743 g/mol. The summed E-state index contributed by atoms with van der Waals surface area (Å²) in [6, 6.07) is 3.90. The predicted octanol–water partition coefficient (Wildman–Crippen LogP) is 7.79. The molecule has 12 nitrogen and oxygen atoms in total. The van der Waals surface area contributed by atoms with Crippen molar-refractivity contribution in [3.8, 4) is 17.6 Å². The van der Waals surface area contributed by atoms with Crippen molar-refractivity contribution in [3.63, 3.8) is 0 Å². The number of rotatable bonds is 24. The zero-order valence-electron chi connectivity index (χ0n) is 29.6. The Morgan fingerprint density at radius 1 is 0.725 bits per heavy atom. The number of nitrogens with zero attached hydrogens (tertiary/aromatic N) is 2. The Kier molecular flexibility index (Phi) is 20.0. The van der Waals surface area contributed by atoms with Crippen LogP contribution in [0.15, 0.2) is 50.1 Å². The second kappa shape index (κ2) is 23.9. The number of ether oxygens (including phenoxy) is 6. The molecule has 1 aliphatic heterocycles. The summed E-state index contributed by atoms with van der Waals surface area (Å²) in [4.78, 5) is 51.5. The van der Waals surface area contributed by atoms with Gasteiger partial charge in [0.25, 0.3) is 5.70 Å². The van der Waals surface area contributed by atoms with Crippen LogP contribution in [0.1, 0.15) is 83.6 Å². The minimum atomic E-state index is -0.514. The normalized spacial score (nSPS) is 12.4. The minimum absolute atomic E-state index is 0.00260. The molecule has 0 unspecified atom stereocenters. The molecule has 0 amide bonds. The monoisotopic (exact) mass is 742 g/mol. The number of allylic oxidation sites excluding steroid dienone is 1. The molecular formula is C37H46N2O10S2. The van der Waals surface area contributed by atoms with Crippen LogP contribution < -0.4 is 9.47 Å². The topological polar surface area (TPSA) is 152 Å². The largest absolute Gasteiger partial charge is 0.492 e. The van der Waals surface area contributed by atoms with E-state index in [1.54, 1.807) is 13.8 Å². The maximum Gasteiger partial charge on any atom is 0.333 e. The fraction of sp³-hybridized carbons (Fsp3) is 0.514. The molecule has 14 heteroatoms. The third-order valence-electron chi connectivity index (χ3n) is 7.05. The molecule has 0 aromatic heterocycles. The molecule has 0 fully saturated rings. The number of benzene rings is 1. The Morgan fingerprint density at radius 3 is 1.69 bits per heavy atom. The highest BCUT2D eigenvalue weighted by atomic mass is 32.2. The van der Waals surface area contributed by atoms with Crippen LogP contribution >= 0.6 is 23.5 Å². The van der Waals surface area contributed by atoms with E-state index in [1.807, 2.05) is 19.1 Å². The summed E-state index contributed by atoms with van der Waals surface area (Å²) in [6.07, 6.45) is 6.78. The van der Waals surface area contributed by atoms with Crippen LogP contribution in [0.5, 0.6) is 11.5 Å². The number of carbonyl (C=O) groups is 4. The van der Waals surface area contributed by atoms with Gasteiger partial charge in [-0.2, -0.15) is 0 Å². The van der Waals surface area contributed by atoms with Gasteiger partial charge in [-0.1, -0.05) is 62.4 Å². The predicted molar refractivity (Wildman–Crippen MR) is 193 cm³/mol. The van der Waals surface area contributed by atoms with Gasteiger partial charge in [0.1, 0.15) is 37.9 Å². The Morgan fingerprint density at radius 2 is 1.20 bits per heavy atom. The summed E-state index contributed by atoms with van der Waals surface area (Å²) in [6.45, 7) is 20.4. The first-order valence-electron chi connectivity index (χ1n) is 16.8. The second-order valence-electron chi connectivity index (χ2n) is 11.5. The van der Waals surface area contributed by atoms with Crippen molar-refractivity contribution in [2.75, 3.05) is 39.6 Å². The number of hydrogen-bond donors (Lipinski definition) is 0. The van der Waals surface area contributed by atoms with E-state index in [1.165, 1.54) is 23.5 Å². The molecule has 0 saturated carbocycles. The van der Waals surface area contributed by atoms with Gasteiger partial charge in [0.2, 0.25) is 0 Å². The Labute approximate surface area is 308 Å². The zero-order chi connectivity index (χ0) is 37.6. The Balaban J connectivity index is 1.77. The van der Waals surface area contributed by atoms with Gasteiger partial charge < -0.3 is 28.4 Å². The number of unbranched alkanes of at least 4 members (excludes halogenated alkanes) is 6. The summed E-state index contributed by atoms with van der Waals surface area (Å²) in [5, 5.41) is 9.49. The van der Waals surface area contributed by atoms with Crippen LogP contribution in [-0.2, 0) is 38.1 Å². The lowest BCUT2D eigenvalue weighted by atomic mass is 10.1. The molecular weight excluding hydrogens is 697 g/mol. The second-order valence-corrected chi connectivity index (χ2v) is 13.8. The molecule has 276 valence electrons. The molecule has 0 spiro atoms. The molecule has 51 heavy (non-hydrogen) atoms. The standard InChI is InChI=1S/C37H46N2O10S2/c1-25(2)35(42)48-21-19-45-30(40)15-11-7-9-13-17-44-29-23-27(5)32(34-33(29)50-37(51-34)28(24-38)39-6)47-18-14-10-8-12-16-31(41)46-20-22-49-36(43)26(3)4/h23H,1,3,7-22H2,2,4-5H3/b37-28+. The van der Waals surface area contributed by atoms with Gasteiger partial charge in [-0.3, -0.25) is 9.59 Å². The third kappa shape index (κ3) is 16.0. The lowest BCUT2D eigenvalue weighted by Gasteiger charge is -2.16. The lowest BCUT2D eigenvalue weighted by Crippen LogP contribution is -2.14. The first-order chi connectivity index (χ1) is 24.5. The van der Waals surface area contributed by atoms with E-state index in [9.17, 15) is 24.4 Å². The summed E-state index contributed by atoms with van der Waals surface area (Å²) in [7, 11) is 0. The molecule has 1 heterocycles. The number of carbonyl (C=O) groups excluding carboxylic acids is 4. The van der Waals surface area contributed by atoms with E-state index >= 15 is 0 Å². The number of hydrogen-bond acceptors (Lipinski definition) is 13.